The number of rotatable bonds is 8. The third-order valence-electron chi connectivity index (χ3n) is 5.95. The average molecular weight is 462 g/mol. The molecule has 3 aromatic rings. The molecule has 0 atom stereocenters. The predicted molar refractivity (Wildman–Crippen MR) is 131 cm³/mol. The van der Waals surface area contributed by atoms with Crippen LogP contribution in [0.25, 0.3) is 0 Å². The minimum atomic E-state index is -0.705. The van der Waals surface area contributed by atoms with Crippen molar-refractivity contribution in [2.24, 2.45) is 0 Å². The minimum Gasteiger partial charge on any atom is -0.384 e. The van der Waals surface area contributed by atoms with Crippen LogP contribution in [0, 0.1) is 0 Å². The largest absolute Gasteiger partial charge is 0.384 e. The van der Waals surface area contributed by atoms with Crippen LogP contribution in [-0.4, -0.2) is 33.9 Å². The number of nitrogens with one attached hydrogen (secondary N) is 1. The van der Waals surface area contributed by atoms with E-state index >= 15 is 0 Å². The predicted octanol–water partition coefficient (Wildman–Crippen LogP) is 2.08. The van der Waals surface area contributed by atoms with Crippen molar-refractivity contribution in [2.45, 2.75) is 32.9 Å². The Balaban J connectivity index is 1.65. The number of hydrogen-bond acceptors (Lipinski definition) is 6. The second-order valence-corrected chi connectivity index (χ2v) is 8.11. The number of nitrogens with zero attached hydrogens (tertiary/aromatic N) is 3. The SMILES string of the molecule is CCn1c(=O)c(C(=O)CNc2ccccc2N2CCCC2=O)c(N)n(Cc2ccccc2)c1=O. The summed E-state index contributed by atoms with van der Waals surface area (Å²) >= 11 is 0. The fraction of sp³-hybridized carbons (Fsp3) is 0.280. The zero-order chi connectivity index (χ0) is 24.2. The maximum Gasteiger partial charge on any atom is 0.332 e. The highest BCUT2D eigenvalue weighted by atomic mass is 16.2. The molecule has 1 amide bonds. The number of nitrogens with two attached hydrogens (primary N) is 1. The molecule has 0 saturated carbocycles. The van der Waals surface area contributed by atoms with Crippen LogP contribution in [0.3, 0.4) is 0 Å². The first-order valence-electron chi connectivity index (χ1n) is 11.3. The Hall–Kier alpha value is -4.14. The molecule has 9 nitrogen and oxygen atoms in total. The Morgan fingerprint density at radius 3 is 2.38 bits per heavy atom. The zero-order valence-electron chi connectivity index (χ0n) is 19.0. The van der Waals surface area contributed by atoms with Crippen LogP contribution in [0.2, 0.25) is 0 Å². The number of anilines is 3. The van der Waals surface area contributed by atoms with E-state index in [1.807, 2.05) is 42.5 Å². The van der Waals surface area contributed by atoms with E-state index in [-0.39, 0.29) is 36.9 Å². The van der Waals surface area contributed by atoms with Gasteiger partial charge >= 0.3 is 5.69 Å². The number of hydrogen-bond donors (Lipinski definition) is 2. The summed E-state index contributed by atoms with van der Waals surface area (Å²) in [5, 5.41) is 3.05. The van der Waals surface area contributed by atoms with Crippen LogP contribution in [0.4, 0.5) is 17.2 Å². The molecule has 34 heavy (non-hydrogen) atoms. The van der Waals surface area contributed by atoms with Crippen molar-refractivity contribution in [3.8, 4) is 0 Å². The highest BCUT2D eigenvalue weighted by Crippen LogP contribution is 2.29. The molecule has 1 saturated heterocycles. The highest BCUT2D eigenvalue weighted by Gasteiger charge is 2.25. The topological polar surface area (TPSA) is 119 Å². The van der Waals surface area contributed by atoms with E-state index in [2.05, 4.69) is 5.32 Å². The van der Waals surface area contributed by atoms with Gasteiger partial charge in [-0.3, -0.25) is 23.5 Å². The maximum absolute atomic E-state index is 13.2. The number of aromatic nitrogens is 2. The standard InChI is InChI=1S/C25H27N5O4/c1-2-28-24(33)22(23(26)30(25(28)34)16-17-9-4-3-5-10-17)20(31)15-27-18-11-6-7-12-19(18)29-14-8-13-21(29)32/h3-7,9-12,27H,2,8,13-16,26H2,1H3. The van der Waals surface area contributed by atoms with Crippen molar-refractivity contribution in [3.63, 3.8) is 0 Å². The molecule has 1 fully saturated rings. The Bertz CT molecular complexity index is 1340. The van der Waals surface area contributed by atoms with Gasteiger partial charge in [0, 0.05) is 19.5 Å². The van der Waals surface area contributed by atoms with Gasteiger partial charge < -0.3 is 16.0 Å². The van der Waals surface area contributed by atoms with Gasteiger partial charge in [-0.2, -0.15) is 0 Å². The molecule has 1 aromatic heterocycles. The third-order valence-corrected chi connectivity index (χ3v) is 5.95. The molecule has 1 aliphatic rings. The Labute approximate surface area is 196 Å². The van der Waals surface area contributed by atoms with Crippen LogP contribution in [0.1, 0.15) is 35.7 Å². The van der Waals surface area contributed by atoms with Gasteiger partial charge in [-0.25, -0.2) is 4.79 Å². The quantitative estimate of drug-likeness (QED) is 0.496. The molecule has 0 bridgehead atoms. The first-order chi connectivity index (χ1) is 16.4. The first kappa shape index (κ1) is 23.0. The number of carbonyl (C=O) groups excluding carboxylic acids is 2. The third kappa shape index (κ3) is 4.36. The summed E-state index contributed by atoms with van der Waals surface area (Å²) in [6.45, 7) is 2.32. The van der Waals surface area contributed by atoms with Gasteiger partial charge in [0.15, 0.2) is 5.78 Å². The number of ketones is 1. The van der Waals surface area contributed by atoms with Crippen LogP contribution < -0.4 is 27.2 Å². The Morgan fingerprint density at radius 2 is 1.71 bits per heavy atom. The van der Waals surface area contributed by atoms with E-state index in [4.69, 9.17) is 5.73 Å². The average Bonchev–Trinajstić information content (AvgIpc) is 3.27. The van der Waals surface area contributed by atoms with Gasteiger partial charge in [0.1, 0.15) is 11.4 Å². The van der Waals surface area contributed by atoms with Gasteiger partial charge in [0.25, 0.3) is 5.56 Å². The fourth-order valence-electron chi connectivity index (χ4n) is 4.20. The van der Waals surface area contributed by atoms with Gasteiger partial charge in [-0.1, -0.05) is 42.5 Å². The maximum atomic E-state index is 13.2. The summed E-state index contributed by atoms with van der Waals surface area (Å²) in [5.74, 6) is -0.656. The lowest BCUT2D eigenvalue weighted by atomic mass is 10.1. The molecule has 4 rings (SSSR count). The summed E-state index contributed by atoms with van der Waals surface area (Å²) in [6, 6.07) is 16.4. The molecule has 3 N–H and O–H groups in total. The summed E-state index contributed by atoms with van der Waals surface area (Å²) in [7, 11) is 0. The molecule has 2 heterocycles. The van der Waals surface area contributed by atoms with Gasteiger partial charge in [-0.05, 0) is 31.0 Å². The minimum absolute atomic E-state index is 0.0311. The first-order valence-corrected chi connectivity index (χ1v) is 11.3. The lowest BCUT2D eigenvalue weighted by molar-refractivity contribution is -0.117. The number of Topliss-reactive ketones (excluding diaryl/α,β-unsaturated/α-hetero) is 1. The van der Waals surface area contributed by atoms with E-state index < -0.39 is 17.0 Å². The second kappa shape index (κ2) is 9.78. The lowest BCUT2D eigenvalue weighted by Gasteiger charge is -2.20. The molecule has 0 aliphatic carbocycles. The number of nitrogen functional groups attached to an aromatic ring is 1. The van der Waals surface area contributed by atoms with Crippen LogP contribution in [-0.2, 0) is 17.9 Å². The lowest BCUT2D eigenvalue weighted by Crippen LogP contribution is -2.44. The smallest absolute Gasteiger partial charge is 0.332 e. The van der Waals surface area contributed by atoms with Crippen molar-refractivity contribution < 1.29 is 9.59 Å². The van der Waals surface area contributed by atoms with Crippen molar-refractivity contribution in [1.82, 2.24) is 9.13 Å². The Morgan fingerprint density at radius 1 is 1.00 bits per heavy atom. The summed E-state index contributed by atoms with van der Waals surface area (Å²) < 4.78 is 2.27. The van der Waals surface area contributed by atoms with Crippen molar-refractivity contribution >= 4 is 28.9 Å². The van der Waals surface area contributed by atoms with Crippen LogP contribution in [0.5, 0.6) is 0 Å². The fourth-order valence-corrected chi connectivity index (χ4v) is 4.20. The van der Waals surface area contributed by atoms with Crippen molar-refractivity contribution in [1.29, 1.82) is 0 Å². The molecule has 176 valence electrons. The molecule has 0 radical (unpaired) electrons. The number of para-hydroxylation sites is 2. The molecule has 1 aliphatic heterocycles. The molecule has 2 aromatic carbocycles. The zero-order valence-corrected chi connectivity index (χ0v) is 19.0. The van der Waals surface area contributed by atoms with Crippen LogP contribution >= 0.6 is 0 Å². The van der Waals surface area contributed by atoms with E-state index in [0.29, 0.717) is 24.3 Å². The van der Waals surface area contributed by atoms with E-state index in [1.165, 1.54) is 4.57 Å². The van der Waals surface area contributed by atoms with Gasteiger partial charge in [0.2, 0.25) is 5.91 Å². The van der Waals surface area contributed by atoms with E-state index in [0.717, 1.165) is 16.6 Å². The van der Waals surface area contributed by atoms with E-state index in [1.54, 1.807) is 24.0 Å². The van der Waals surface area contributed by atoms with Crippen molar-refractivity contribution in [3.05, 3.63) is 86.6 Å². The number of carbonyl (C=O) groups is 2. The Kier molecular flexibility index (Phi) is 6.62. The van der Waals surface area contributed by atoms with E-state index in [9.17, 15) is 19.2 Å². The molecule has 0 unspecified atom stereocenters. The summed E-state index contributed by atoms with van der Waals surface area (Å²) in [4.78, 5) is 53.0. The van der Waals surface area contributed by atoms with Crippen LogP contribution in [0.15, 0.2) is 64.2 Å². The number of benzene rings is 2. The van der Waals surface area contributed by atoms with Crippen molar-refractivity contribution in [2.75, 3.05) is 29.0 Å². The number of amides is 1. The molecular weight excluding hydrogens is 434 g/mol. The van der Waals surface area contributed by atoms with Gasteiger partial charge in [-0.15, -0.1) is 0 Å². The molecule has 9 heteroatoms. The summed E-state index contributed by atoms with van der Waals surface area (Å²) in [5.41, 5.74) is 6.85. The monoisotopic (exact) mass is 461 g/mol. The summed E-state index contributed by atoms with van der Waals surface area (Å²) in [6.07, 6.45) is 1.27. The van der Waals surface area contributed by atoms with Gasteiger partial charge in [0.05, 0.1) is 24.5 Å². The molecule has 0 spiro atoms. The highest BCUT2D eigenvalue weighted by molar-refractivity contribution is 6.03. The normalized spacial score (nSPS) is 13.3. The second-order valence-electron chi connectivity index (χ2n) is 8.11. The molecular formula is C25H27N5O4.